The van der Waals surface area contributed by atoms with E-state index < -0.39 is 0 Å². The zero-order valence-corrected chi connectivity index (χ0v) is 12.0. The molecule has 3 aromatic rings. The van der Waals surface area contributed by atoms with Gasteiger partial charge in [-0.05, 0) is 19.1 Å². The second kappa shape index (κ2) is 5.32. The fourth-order valence-corrected chi connectivity index (χ4v) is 2.20. The van der Waals surface area contributed by atoms with Gasteiger partial charge in [0.1, 0.15) is 17.0 Å². The lowest BCUT2D eigenvalue weighted by atomic mass is 10.2. The molecule has 0 radical (unpaired) electrons. The number of aryl methyl sites for hydroxylation is 1. The van der Waals surface area contributed by atoms with Gasteiger partial charge in [0.05, 0.1) is 7.11 Å². The fourth-order valence-electron chi connectivity index (χ4n) is 2.20. The van der Waals surface area contributed by atoms with E-state index in [0.29, 0.717) is 22.9 Å². The average molecular weight is 280 g/mol. The number of anilines is 1. The van der Waals surface area contributed by atoms with Crippen molar-refractivity contribution in [3.05, 3.63) is 54.2 Å². The number of nitrogens with zero attached hydrogens (tertiary/aromatic N) is 1. The highest BCUT2D eigenvalue weighted by Gasteiger charge is 2.07. The van der Waals surface area contributed by atoms with Crippen molar-refractivity contribution in [1.82, 2.24) is 4.98 Å². The van der Waals surface area contributed by atoms with Crippen LogP contribution in [0.4, 0.5) is 5.69 Å². The summed E-state index contributed by atoms with van der Waals surface area (Å²) in [5.74, 6) is 1.99. The third-order valence-corrected chi connectivity index (χ3v) is 3.19. The molecule has 0 atom stereocenters. The zero-order chi connectivity index (χ0) is 14.8. The molecular weight excluding hydrogens is 264 g/mol. The predicted octanol–water partition coefficient (Wildman–Crippen LogP) is 3.93. The molecule has 0 bridgehead atoms. The number of hydrogen-bond acceptors (Lipinski definition) is 4. The Hall–Kier alpha value is -2.75. The maximum absolute atomic E-state index is 5.95. The van der Waals surface area contributed by atoms with Crippen molar-refractivity contribution in [3.63, 3.8) is 0 Å². The standard InChI is InChI=1S/C17H16N2O2/c1-11-6-7-12-4-3-5-16(17(12)19-11)21-15-9-13(18)8-14(10-15)20-2/h3-10H,18H2,1-2H3. The number of nitrogens with two attached hydrogens (primary N) is 1. The summed E-state index contributed by atoms with van der Waals surface area (Å²) < 4.78 is 11.2. The maximum atomic E-state index is 5.95. The van der Waals surface area contributed by atoms with Crippen LogP contribution < -0.4 is 15.2 Å². The van der Waals surface area contributed by atoms with E-state index in [9.17, 15) is 0 Å². The molecule has 1 heterocycles. The first-order valence-corrected chi connectivity index (χ1v) is 6.64. The lowest BCUT2D eigenvalue weighted by molar-refractivity contribution is 0.409. The van der Waals surface area contributed by atoms with Crippen LogP contribution in [0.15, 0.2) is 48.5 Å². The monoisotopic (exact) mass is 280 g/mol. The van der Waals surface area contributed by atoms with Crippen molar-refractivity contribution in [2.45, 2.75) is 6.92 Å². The molecule has 0 spiro atoms. The van der Waals surface area contributed by atoms with Crippen molar-refractivity contribution >= 4 is 16.6 Å². The van der Waals surface area contributed by atoms with Crippen molar-refractivity contribution in [2.75, 3.05) is 12.8 Å². The molecule has 21 heavy (non-hydrogen) atoms. The molecule has 0 aliphatic rings. The van der Waals surface area contributed by atoms with Crippen LogP contribution in [0.25, 0.3) is 10.9 Å². The smallest absolute Gasteiger partial charge is 0.153 e. The van der Waals surface area contributed by atoms with Crippen LogP contribution in [-0.2, 0) is 0 Å². The van der Waals surface area contributed by atoms with Crippen LogP contribution in [0.1, 0.15) is 5.69 Å². The van der Waals surface area contributed by atoms with Gasteiger partial charge < -0.3 is 15.2 Å². The lowest BCUT2D eigenvalue weighted by Crippen LogP contribution is -1.93. The zero-order valence-electron chi connectivity index (χ0n) is 12.0. The van der Waals surface area contributed by atoms with E-state index >= 15 is 0 Å². The van der Waals surface area contributed by atoms with Crippen molar-refractivity contribution in [2.24, 2.45) is 0 Å². The molecule has 0 unspecified atom stereocenters. The summed E-state index contributed by atoms with van der Waals surface area (Å²) in [6.07, 6.45) is 0. The first-order valence-electron chi connectivity index (χ1n) is 6.64. The summed E-state index contributed by atoms with van der Waals surface area (Å²) in [6, 6.07) is 15.2. The molecule has 0 aliphatic heterocycles. The number of hydrogen-bond donors (Lipinski definition) is 1. The Morgan fingerprint density at radius 2 is 1.81 bits per heavy atom. The van der Waals surface area contributed by atoms with E-state index in [1.807, 2.05) is 37.3 Å². The van der Waals surface area contributed by atoms with E-state index in [2.05, 4.69) is 4.98 Å². The van der Waals surface area contributed by atoms with Gasteiger partial charge in [0.2, 0.25) is 0 Å². The van der Waals surface area contributed by atoms with Crippen LogP contribution in [0.3, 0.4) is 0 Å². The van der Waals surface area contributed by atoms with Gasteiger partial charge in [0.25, 0.3) is 0 Å². The van der Waals surface area contributed by atoms with Crippen molar-refractivity contribution in [3.8, 4) is 17.2 Å². The number of para-hydroxylation sites is 1. The van der Waals surface area contributed by atoms with E-state index in [1.54, 1.807) is 25.3 Å². The highest BCUT2D eigenvalue weighted by atomic mass is 16.5. The van der Waals surface area contributed by atoms with Crippen LogP contribution in [0.2, 0.25) is 0 Å². The molecule has 3 rings (SSSR count). The number of pyridine rings is 1. The first kappa shape index (κ1) is 13.2. The van der Waals surface area contributed by atoms with Crippen LogP contribution >= 0.6 is 0 Å². The van der Waals surface area contributed by atoms with E-state index in [4.69, 9.17) is 15.2 Å². The summed E-state index contributed by atoms with van der Waals surface area (Å²) >= 11 is 0. The molecule has 106 valence electrons. The number of benzene rings is 2. The Morgan fingerprint density at radius 1 is 1.00 bits per heavy atom. The Labute approximate surface area is 123 Å². The Balaban J connectivity index is 2.05. The minimum absolute atomic E-state index is 0.591. The van der Waals surface area contributed by atoms with Gasteiger partial charge in [-0.2, -0.15) is 0 Å². The molecule has 4 nitrogen and oxygen atoms in total. The average Bonchev–Trinajstić information content (AvgIpc) is 2.47. The molecule has 0 saturated carbocycles. The summed E-state index contributed by atoms with van der Waals surface area (Å²) in [5.41, 5.74) is 8.22. The quantitative estimate of drug-likeness (QED) is 0.739. The van der Waals surface area contributed by atoms with Gasteiger partial charge in [-0.3, -0.25) is 0 Å². The fraction of sp³-hybridized carbons (Fsp3) is 0.118. The van der Waals surface area contributed by atoms with Crippen molar-refractivity contribution < 1.29 is 9.47 Å². The van der Waals surface area contributed by atoms with Gasteiger partial charge in [-0.1, -0.05) is 18.2 Å². The van der Waals surface area contributed by atoms with Crippen molar-refractivity contribution in [1.29, 1.82) is 0 Å². The number of fused-ring (bicyclic) bond motifs is 1. The molecule has 0 aliphatic carbocycles. The maximum Gasteiger partial charge on any atom is 0.153 e. The van der Waals surface area contributed by atoms with Gasteiger partial charge in [0.15, 0.2) is 5.75 Å². The number of nitrogen functional groups attached to an aromatic ring is 1. The highest BCUT2D eigenvalue weighted by molar-refractivity contribution is 5.84. The number of aromatic nitrogens is 1. The molecule has 0 amide bonds. The van der Waals surface area contributed by atoms with Crippen LogP contribution in [-0.4, -0.2) is 12.1 Å². The van der Waals surface area contributed by atoms with Crippen LogP contribution in [0, 0.1) is 6.92 Å². The minimum Gasteiger partial charge on any atom is -0.497 e. The Morgan fingerprint density at radius 3 is 2.62 bits per heavy atom. The molecule has 1 aromatic heterocycles. The highest BCUT2D eigenvalue weighted by Crippen LogP contribution is 2.32. The summed E-state index contributed by atoms with van der Waals surface area (Å²) in [6.45, 7) is 1.96. The summed E-state index contributed by atoms with van der Waals surface area (Å²) in [5, 5.41) is 1.04. The molecular formula is C17H16N2O2. The minimum atomic E-state index is 0.591. The lowest BCUT2D eigenvalue weighted by Gasteiger charge is -2.11. The molecule has 2 aromatic carbocycles. The molecule has 0 saturated heterocycles. The number of ether oxygens (including phenoxy) is 2. The molecule has 4 heteroatoms. The largest absolute Gasteiger partial charge is 0.497 e. The first-order chi connectivity index (χ1) is 10.2. The second-order valence-corrected chi connectivity index (χ2v) is 4.82. The SMILES string of the molecule is COc1cc(N)cc(Oc2cccc3ccc(C)nc23)c1. The topological polar surface area (TPSA) is 57.4 Å². The third kappa shape index (κ3) is 2.74. The Kier molecular flexibility index (Phi) is 3.36. The van der Waals surface area contributed by atoms with E-state index in [1.165, 1.54) is 0 Å². The van der Waals surface area contributed by atoms with E-state index in [0.717, 1.165) is 16.6 Å². The summed E-state index contributed by atoms with van der Waals surface area (Å²) in [4.78, 5) is 4.55. The van der Waals surface area contributed by atoms with Gasteiger partial charge in [-0.25, -0.2) is 4.98 Å². The van der Waals surface area contributed by atoms with Gasteiger partial charge >= 0.3 is 0 Å². The Bertz CT molecular complexity index is 800. The number of methoxy groups -OCH3 is 1. The van der Waals surface area contributed by atoms with E-state index in [-0.39, 0.29) is 0 Å². The third-order valence-electron chi connectivity index (χ3n) is 3.19. The van der Waals surface area contributed by atoms with Gasteiger partial charge in [0, 0.05) is 35.0 Å². The van der Waals surface area contributed by atoms with Gasteiger partial charge in [-0.15, -0.1) is 0 Å². The predicted molar refractivity (Wildman–Crippen MR) is 84.0 cm³/mol. The second-order valence-electron chi connectivity index (χ2n) is 4.82. The molecule has 2 N–H and O–H groups in total. The normalized spacial score (nSPS) is 10.6. The van der Waals surface area contributed by atoms with Crippen LogP contribution in [0.5, 0.6) is 17.2 Å². The summed E-state index contributed by atoms with van der Waals surface area (Å²) in [7, 11) is 1.60. The molecule has 0 fully saturated rings. The number of rotatable bonds is 3.